The maximum Gasteiger partial charge on any atom is 0.245 e. The van der Waals surface area contributed by atoms with Crippen molar-refractivity contribution in [1.29, 1.82) is 0 Å². The van der Waals surface area contributed by atoms with Crippen LogP contribution in [0.1, 0.15) is 18.2 Å². The van der Waals surface area contributed by atoms with E-state index in [4.69, 9.17) is 16.1 Å². The molecule has 1 N–H and O–H groups in total. The number of hydrogen-bond acceptors (Lipinski definition) is 4. The van der Waals surface area contributed by atoms with Crippen LogP contribution in [0.3, 0.4) is 0 Å². The van der Waals surface area contributed by atoms with Crippen molar-refractivity contribution in [1.82, 2.24) is 5.16 Å². The summed E-state index contributed by atoms with van der Waals surface area (Å²) in [4.78, 5) is 25.3. The van der Waals surface area contributed by atoms with Gasteiger partial charge in [0.25, 0.3) is 0 Å². The molecule has 2 aromatic rings. The van der Waals surface area contributed by atoms with Gasteiger partial charge in [-0.15, -0.1) is 0 Å². The first kappa shape index (κ1) is 16.0. The summed E-state index contributed by atoms with van der Waals surface area (Å²) >= 11 is 6.07. The van der Waals surface area contributed by atoms with Crippen molar-refractivity contribution in [2.75, 3.05) is 16.8 Å². The summed E-state index contributed by atoms with van der Waals surface area (Å²) in [6.45, 7) is 4.78. The summed E-state index contributed by atoms with van der Waals surface area (Å²) < 4.78 is 4.87. The van der Waals surface area contributed by atoms with Gasteiger partial charge in [0.05, 0.1) is 0 Å². The van der Waals surface area contributed by atoms with Crippen LogP contribution in [0, 0.1) is 13.8 Å². The number of anilines is 2. The Kier molecular flexibility index (Phi) is 4.82. The van der Waals surface area contributed by atoms with Crippen LogP contribution in [-0.4, -0.2) is 23.5 Å². The number of carbonyl (C=O) groups excluding carboxylic acids is 2. The number of halogens is 1. The smallest absolute Gasteiger partial charge is 0.245 e. The topological polar surface area (TPSA) is 75.4 Å². The first-order valence-corrected chi connectivity index (χ1v) is 7.02. The largest absolute Gasteiger partial charge is 0.360 e. The van der Waals surface area contributed by atoms with E-state index in [-0.39, 0.29) is 18.4 Å². The highest BCUT2D eigenvalue weighted by Crippen LogP contribution is 2.26. The van der Waals surface area contributed by atoms with Gasteiger partial charge >= 0.3 is 0 Å². The van der Waals surface area contributed by atoms with Crippen molar-refractivity contribution in [3.05, 3.63) is 40.6 Å². The Hall–Kier alpha value is -2.34. The van der Waals surface area contributed by atoms with E-state index >= 15 is 0 Å². The molecule has 0 spiro atoms. The SMILES string of the molecule is CC(=O)N(CC(=O)Nc1cc(C)on1)c1cccc(Cl)c1C. The minimum absolute atomic E-state index is 0.136. The minimum atomic E-state index is -0.372. The zero-order chi connectivity index (χ0) is 16.3. The van der Waals surface area contributed by atoms with Crippen molar-refractivity contribution in [3.63, 3.8) is 0 Å². The summed E-state index contributed by atoms with van der Waals surface area (Å²) in [7, 11) is 0. The number of rotatable bonds is 4. The van der Waals surface area contributed by atoms with Gasteiger partial charge in [0.15, 0.2) is 5.82 Å². The highest BCUT2D eigenvalue weighted by Gasteiger charge is 2.19. The van der Waals surface area contributed by atoms with Gasteiger partial charge in [0.2, 0.25) is 11.8 Å². The monoisotopic (exact) mass is 321 g/mol. The first-order chi connectivity index (χ1) is 10.4. The molecule has 22 heavy (non-hydrogen) atoms. The standard InChI is InChI=1S/C15H16ClN3O3/c1-9-7-14(18-22-9)17-15(21)8-19(11(3)20)13-6-4-5-12(16)10(13)2/h4-7H,8H2,1-3H3,(H,17,18,21). The van der Waals surface area contributed by atoms with E-state index in [9.17, 15) is 9.59 Å². The van der Waals surface area contributed by atoms with Crippen LogP contribution in [0.5, 0.6) is 0 Å². The number of aryl methyl sites for hydroxylation is 1. The van der Waals surface area contributed by atoms with Crippen LogP contribution in [0.15, 0.2) is 28.8 Å². The Morgan fingerprint density at radius 3 is 2.68 bits per heavy atom. The predicted octanol–water partition coefficient (Wildman–Crippen LogP) is 2.94. The van der Waals surface area contributed by atoms with Gasteiger partial charge < -0.3 is 14.7 Å². The molecule has 116 valence electrons. The average molecular weight is 322 g/mol. The molecule has 0 unspecified atom stereocenters. The lowest BCUT2D eigenvalue weighted by molar-refractivity contribution is -0.120. The van der Waals surface area contributed by atoms with Crippen LogP contribution in [0.2, 0.25) is 5.02 Å². The van der Waals surface area contributed by atoms with Crippen molar-refractivity contribution >= 4 is 34.9 Å². The van der Waals surface area contributed by atoms with Crippen LogP contribution < -0.4 is 10.2 Å². The van der Waals surface area contributed by atoms with Crippen LogP contribution in [0.4, 0.5) is 11.5 Å². The molecule has 0 radical (unpaired) electrons. The van der Waals surface area contributed by atoms with Gasteiger partial charge in [-0.3, -0.25) is 9.59 Å². The molecule has 0 bridgehead atoms. The van der Waals surface area contributed by atoms with Crippen molar-refractivity contribution in [3.8, 4) is 0 Å². The zero-order valence-electron chi connectivity index (χ0n) is 12.5. The molecule has 0 atom stereocenters. The van der Waals surface area contributed by atoms with Crippen molar-refractivity contribution in [2.24, 2.45) is 0 Å². The summed E-state index contributed by atoms with van der Waals surface area (Å²) in [6, 6.07) is 6.81. The fraction of sp³-hybridized carbons (Fsp3) is 0.267. The van der Waals surface area contributed by atoms with Crippen LogP contribution in [-0.2, 0) is 9.59 Å². The van der Waals surface area contributed by atoms with E-state index in [1.807, 2.05) is 0 Å². The zero-order valence-corrected chi connectivity index (χ0v) is 13.3. The van der Waals surface area contributed by atoms with E-state index in [1.54, 1.807) is 38.1 Å². The van der Waals surface area contributed by atoms with E-state index < -0.39 is 0 Å². The maximum atomic E-state index is 12.1. The predicted molar refractivity (Wildman–Crippen MR) is 84.1 cm³/mol. The molecule has 1 heterocycles. The number of nitrogens with one attached hydrogen (secondary N) is 1. The lowest BCUT2D eigenvalue weighted by Gasteiger charge is -2.22. The average Bonchev–Trinajstić information content (AvgIpc) is 2.84. The number of benzene rings is 1. The Morgan fingerprint density at radius 1 is 1.36 bits per heavy atom. The summed E-state index contributed by atoms with van der Waals surface area (Å²) in [5.74, 6) is 0.276. The van der Waals surface area contributed by atoms with E-state index in [0.717, 1.165) is 5.56 Å². The summed E-state index contributed by atoms with van der Waals surface area (Å²) in [5.41, 5.74) is 1.34. The molecule has 0 aliphatic heterocycles. The lowest BCUT2D eigenvalue weighted by Crippen LogP contribution is -2.37. The fourth-order valence-corrected chi connectivity index (χ4v) is 2.18. The molecule has 0 saturated carbocycles. The number of amides is 2. The quantitative estimate of drug-likeness (QED) is 0.939. The fourth-order valence-electron chi connectivity index (χ4n) is 2.01. The molecule has 6 nitrogen and oxygen atoms in total. The molecule has 0 fully saturated rings. The molecule has 2 amide bonds. The van der Waals surface area contributed by atoms with Gasteiger partial charge in [0, 0.05) is 23.7 Å². The number of carbonyl (C=O) groups is 2. The van der Waals surface area contributed by atoms with Crippen molar-refractivity contribution < 1.29 is 14.1 Å². The second-order valence-electron chi connectivity index (χ2n) is 4.86. The van der Waals surface area contributed by atoms with Gasteiger partial charge in [0.1, 0.15) is 12.3 Å². The van der Waals surface area contributed by atoms with Crippen molar-refractivity contribution in [2.45, 2.75) is 20.8 Å². The molecule has 1 aromatic heterocycles. The highest BCUT2D eigenvalue weighted by atomic mass is 35.5. The summed E-state index contributed by atoms with van der Waals surface area (Å²) in [6.07, 6.45) is 0. The van der Waals surface area contributed by atoms with Crippen LogP contribution >= 0.6 is 11.6 Å². The Bertz CT molecular complexity index is 712. The number of aromatic nitrogens is 1. The molecule has 1 aromatic carbocycles. The van der Waals surface area contributed by atoms with Gasteiger partial charge in [-0.25, -0.2) is 0 Å². The Balaban J connectivity index is 2.17. The number of hydrogen-bond donors (Lipinski definition) is 1. The lowest BCUT2D eigenvalue weighted by atomic mass is 10.1. The third kappa shape index (κ3) is 3.65. The Morgan fingerprint density at radius 2 is 2.09 bits per heavy atom. The minimum Gasteiger partial charge on any atom is -0.360 e. The van der Waals surface area contributed by atoms with E-state index in [1.165, 1.54) is 11.8 Å². The van der Waals surface area contributed by atoms with Crippen LogP contribution in [0.25, 0.3) is 0 Å². The molecular weight excluding hydrogens is 306 g/mol. The van der Waals surface area contributed by atoms with E-state index in [0.29, 0.717) is 22.3 Å². The molecule has 0 saturated heterocycles. The highest BCUT2D eigenvalue weighted by molar-refractivity contribution is 6.31. The normalized spacial score (nSPS) is 10.4. The maximum absolute atomic E-state index is 12.1. The first-order valence-electron chi connectivity index (χ1n) is 6.65. The van der Waals surface area contributed by atoms with E-state index in [2.05, 4.69) is 10.5 Å². The second kappa shape index (κ2) is 6.62. The van der Waals surface area contributed by atoms with Gasteiger partial charge in [-0.1, -0.05) is 22.8 Å². The molecule has 0 aliphatic rings. The van der Waals surface area contributed by atoms with Gasteiger partial charge in [-0.2, -0.15) is 0 Å². The third-order valence-electron chi connectivity index (χ3n) is 3.11. The second-order valence-corrected chi connectivity index (χ2v) is 5.27. The molecule has 0 aliphatic carbocycles. The molecule has 7 heteroatoms. The summed E-state index contributed by atoms with van der Waals surface area (Å²) in [5, 5.41) is 6.80. The van der Waals surface area contributed by atoms with Gasteiger partial charge in [-0.05, 0) is 31.5 Å². The molecular formula is C15H16ClN3O3. The Labute approximate surface area is 133 Å². The number of nitrogens with zero attached hydrogens (tertiary/aromatic N) is 2. The molecule has 2 rings (SSSR count). The third-order valence-corrected chi connectivity index (χ3v) is 3.52.